The second-order valence-corrected chi connectivity index (χ2v) is 14.3. The molecule has 1 aromatic heterocycles. The number of thioether (sulfide) groups is 2. The second kappa shape index (κ2) is 19.9. The van der Waals surface area contributed by atoms with Crippen LogP contribution in [0.5, 0.6) is 0 Å². The molecule has 3 unspecified atom stereocenters. The molecule has 4 rings (SSSR count). The van der Waals surface area contributed by atoms with Crippen molar-refractivity contribution < 1.29 is 15.0 Å². The lowest BCUT2D eigenvalue weighted by Gasteiger charge is -2.23. The van der Waals surface area contributed by atoms with Crippen LogP contribution in [-0.4, -0.2) is 58.7 Å². The van der Waals surface area contributed by atoms with Gasteiger partial charge in [-0.15, -0.1) is 29.5 Å². The predicted molar refractivity (Wildman–Crippen MR) is 193 cm³/mol. The van der Waals surface area contributed by atoms with Gasteiger partial charge < -0.3 is 10.2 Å². The molecule has 4 aromatic rings. The Morgan fingerprint density at radius 3 is 2.20 bits per heavy atom. The number of unbranched alkanes of at least 4 members (excludes halogenated alkanes) is 7. The SMILES string of the molecule is CCCCCCCCCCC(Sc1nnnn1-c1ccccc1)C(O)CCC(O)CSc1ccccc1-c1ccccc1C(=O)S. The Balaban J connectivity index is 1.35. The van der Waals surface area contributed by atoms with Crippen LogP contribution in [0.2, 0.25) is 0 Å². The van der Waals surface area contributed by atoms with Crippen LogP contribution in [0, 0.1) is 0 Å². The van der Waals surface area contributed by atoms with Crippen LogP contribution in [0.4, 0.5) is 0 Å². The molecule has 3 aromatic carbocycles. The van der Waals surface area contributed by atoms with Gasteiger partial charge in [-0.05, 0) is 65.1 Å². The van der Waals surface area contributed by atoms with Gasteiger partial charge in [-0.3, -0.25) is 4.79 Å². The van der Waals surface area contributed by atoms with E-state index in [1.165, 1.54) is 50.3 Å². The van der Waals surface area contributed by atoms with Gasteiger partial charge in [0.1, 0.15) is 0 Å². The molecule has 0 spiro atoms. The standard InChI is InChI=1S/C36H46N4O3S3/c1-2-3-4-5-6-7-8-12-23-34(46-36-37-38-39-40(36)27-17-10-9-11-18-27)32(42)25-24-28(41)26-45-33-22-16-15-20-30(33)29-19-13-14-21-31(29)35(43)44/h9-11,13-22,28,32,34,41-42H,2-8,12,23-26H2,1H3,(H,43,44). The van der Waals surface area contributed by atoms with Crippen LogP contribution in [0.1, 0.15) is 87.9 Å². The van der Waals surface area contributed by atoms with Crippen molar-refractivity contribution in [2.45, 2.75) is 105 Å². The van der Waals surface area contributed by atoms with Crippen LogP contribution in [0.15, 0.2) is 88.9 Å². The number of para-hydroxylation sites is 1. The molecule has 0 aliphatic heterocycles. The molecule has 3 atom stereocenters. The lowest BCUT2D eigenvalue weighted by molar-refractivity contribution is 0.109. The first-order chi connectivity index (χ1) is 22.5. The average Bonchev–Trinajstić information content (AvgIpc) is 3.55. The number of hydrogen-bond acceptors (Lipinski definition) is 8. The molecule has 246 valence electrons. The van der Waals surface area contributed by atoms with Crippen molar-refractivity contribution in [1.29, 1.82) is 0 Å². The third-order valence-electron chi connectivity index (χ3n) is 8.03. The van der Waals surface area contributed by atoms with Crippen LogP contribution in [-0.2, 0) is 0 Å². The Hall–Kier alpha value is -2.63. The summed E-state index contributed by atoms with van der Waals surface area (Å²) < 4.78 is 1.72. The minimum absolute atomic E-state index is 0.0931. The average molecular weight is 679 g/mol. The molecule has 0 aliphatic carbocycles. The molecule has 0 amide bonds. The summed E-state index contributed by atoms with van der Waals surface area (Å²) in [5.41, 5.74) is 3.20. The third-order valence-corrected chi connectivity index (χ3v) is 10.8. The molecule has 10 heteroatoms. The molecule has 46 heavy (non-hydrogen) atoms. The number of benzene rings is 3. The van der Waals surface area contributed by atoms with E-state index in [0.29, 0.717) is 29.3 Å². The summed E-state index contributed by atoms with van der Waals surface area (Å²) in [6.45, 7) is 2.24. The highest BCUT2D eigenvalue weighted by Gasteiger charge is 2.25. The summed E-state index contributed by atoms with van der Waals surface area (Å²) in [5, 5.41) is 35.1. The number of aliphatic hydroxyl groups excluding tert-OH is 2. The Morgan fingerprint density at radius 1 is 0.804 bits per heavy atom. The van der Waals surface area contributed by atoms with Crippen molar-refractivity contribution >= 4 is 41.3 Å². The van der Waals surface area contributed by atoms with Crippen LogP contribution in [0.3, 0.4) is 0 Å². The zero-order valence-electron chi connectivity index (χ0n) is 26.6. The lowest BCUT2D eigenvalue weighted by Crippen LogP contribution is -2.26. The number of aromatic nitrogens is 4. The first-order valence-corrected chi connectivity index (χ1v) is 18.7. The Morgan fingerprint density at radius 2 is 1.46 bits per heavy atom. The number of carbonyl (C=O) groups excluding carboxylic acids is 1. The maximum atomic E-state index is 12.1. The summed E-state index contributed by atoms with van der Waals surface area (Å²) in [6, 6.07) is 25.1. The van der Waals surface area contributed by atoms with Crippen molar-refractivity contribution in [3.63, 3.8) is 0 Å². The van der Waals surface area contributed by atoms with Gasteiger partial charge in [0.2, 0.25) is 10.3 Å². The van der Waals surface area contributed by atoms with E-state index < -0.39 is 12.2 Å². The Kier molecular flexibility index (Phi) is 15.7. The molecular formula is C36H46N4O3S3. The molecule has 0 radical (unpaired) electrons. The quantitative estimate of drug-likeness (QED) is 0.0457. The summed E-state index contributed by atoms with van der Waals surface area (Å²) in [7, 11) is 0. The van der Waals surface area contributed by atoms with E-state index in [1.807, 2.05) is 72.8 Å². The molecule has 0 saturated carbocycles. The van der Waals surface area contributed by atoms with E-state index in [1.54, 1.807) is 22.5 Å². The van der Waals surface area contributed by atoms with Crippen molar-refractivity contribution in [3.8, 4) is 16.8 Å². The van der Waals surface area contributed by atoms with Gasteiger partial charge in [-0.25, -0.2) is 0 Å². The van der Waals surface area contributed by atoms with Crippen LogP contribution >= 0.6 is 36.2 Å². The molecule has 0 fully saturated rings. The van der Waals surface area contributed by atoms with Crippen molar-refractivity contribution in [1.82, 2.24) is 20.2 Å². The van der Waals surface area contributed by atoms with E-state index in [4.69, 9.17) is 0 Å². The number of aliphatic hydroxyl groups is 2. The summed E-state index contributed by atoms with van der Waals surface area (Å²) in [5.74, 6) is 0.475. The fraction of sp³-hybridized carbons (Fsp3) is 0.444. The predicted octanol–water partition coefficient (Wildman–Crippen LogP) is 8.69. The van der Waals surface area contributed by atoms with E-state index in [9.17, 15) is 15.0 Å². The minimum Gasteiger partial charge on any atom is -0.392 e. The van der Waals surface area contributed by atoms with Crippen LogP contribution < -0.4 is 0 Å². The van der Waals surface area contributed by atoms with E-state index in [-0.39, 0.29) is 10.4 Å². The van der Waals surface area contributed by atoms with Crippen molar-refractivity contribution in [3.05, 3.63) is 84.4 Å². The van der Waals surface area contributed by atoms with E-state index in [0.717, 1.165) is 41.0 Å². The molecule has 1 heterocycles. The van der Waals surface area contributed by atoms with E-state index >= 15 is 0 Å². The van der Waals surface area contributed by atoms with Gasteiger partial charge in [0.15, 0.2) is 0 Å². The number of nitrogens with zero attached hydrogens (tertiary/aromatic N) is 4. The molecule has 2 N–H and O–H groups in total. The highest BCUT2D eigenvalue weighted by atomic mass is 32.2. The van der Waals surface area contributed by atoms with Crippen molar-refractivity contribution in [2.24, 2.45) is 0 Å². The molecular weight excluding hydrogens is 633 g/mol. The number of hydrogen-bond donors (Lipinski definition) is 3. The first-order valence-electron chi connectivity index (χ1n) is 16.4. The fourth-order valence-corrected chi connectivity index (χ4v) is 7.88. The van der Waals surface area contributed by atoms with Crippen LogP contribution in [0.25, 0.3) is 16.8 Å². The smallest absolute Gasteiger partial charge is 0.216 e. The number of carbonyl (C=O) groups is 1. The number of rotatable bonds is 21. The van der Waals surface area contributed by atoms with Gasteiger partial charge in [0.05, 0.1) is 17.9 Å². The van der Waals surface area contributed by atoms with Gasteiger partial charge in [0.25, 0.3) is 0 Å². The molecule has 0 saturated heterocycles. The third kappa shape index (κ3) is 11.3. The topological polar surface area (TPSA) is 101 Å². The summed E-state index contributed by atoms with van der Waals surface area (Å²) >= 11 is 7.14. The maximum Gasteiger partial charge on any atom is 0.216 e. The van der Waals surface area contributed by atoms with Gasteiger partial charge in [0, 0.05) is 21.5 Å². The second-order valence-electron chi connectivity index (χ2n) is 11.6. The molecule has 0 aliphatic rings. The van der Waals surface area contributed by atoms with Crippen molar-refractivity contribution in [2.75, 3.05) is 5.75 Å². The molecule has 7 nitrogen and oxygen atoms in total. The number of tetrazole rings is 1. The van der Waals surface area contributed by atoms with Gasteiger partial charge >= 0.3 is 0 Å². The summed E-state index contributed by atoms with van der Waals surface area (Å²) in [6.07, 6.45) is 10.4. The zero-order chi connectivity index (χ0) is 32.6. The highest BCUT2D eigenvalue weighted by molar-refractivity contribution is 8.00. The van der Waals surface area contributed by atoms with Gasteiger partial charge in [-0.1, -0.05) is 125 Å². The molecule has 0 bridgehead atoms. The number of thiol groups is 1. The fourth-order valence-electron chi connectivity index (χ4n) is 5.47. The summed E-state index contributed by atoms with van der Waals surface area (Å²) in [4.78, 5) is 13.1. The monoisotopic (exact) mass is 678 g/mol. The van der Waals surface area contributed by atoms with Gasteiger partial charge in [-0.2, -0.15) is 4.68 Å². The Labute approximate surface area is 287 Å². The normalized spacial score (nSPS) is 13.4. The Bertz CT molecular complexity index is 1470. The first kappa shape index (κ1) is 36.2. The lowest BCUT2D eigenvalue weighted by atomic mass is 10.0. The largest absolute Gasteiger partial charge is 0.392 e. The minimum atomic E-state index is -0.615. The highest BCUT2D eigenvalue weighted by Crippen LogP contribution is 2.35. The van der Waals surface area contributed by atoms with E-state index in [2.05, 4.69) is 35.1 Å². The maximum absolute atomic E-state index is 12.1. The zero-order valence-corrected chi connectivity index (χ0v) is 29.1.